The molecule has 2 aliphatic heterocycles. The molecule has 3 fully saturated rings. The molecule has 2 unspecified atom stereocenters. The molecule has 10 heteroatoms. The number of nitrogens with one attached hydrogen (secondary N) is 1. The third kappa shape index (κ3) is 5.86. The van der Waals surface area contributed by atoms with E-state index in [1.807, 2.05) is 26.0 Å². The van der Waals surface area contributed by atoms with Crippen molar-refractivity contribution >= 4 is 52.5 Å². The molecule has 1 aromatic heterocycles. The number of aromatic nitrogens is 2. The zero-order chi connectivity index (χ0) is 27.0. The molecule has 0 spiro atoms. The van der Waals surface area contributed by atoms with Gasteiger partial charge in [0.25, 0.3) is 0 Å². The van der Waals surface area contributed by atoms with E-state index in [0.717, 1.165) is 57.4 Å². The summed E-state index contributed by atoms with van der Waals surface area (Å²) in [6, 6.07) is 5.79. The molecule has 5 rings (SSSR count). The predicted octanol–water partition coefficient (Wildman–Crippen LogP) is 6.79. The summed E-state index contributed by atoms with van der Waals surface area (Å²) >= 11 is 18.9. The first-order valence-corrected chi connectivity index (χ1v) is 14.7. The van der Waals surface area contributed by atoms with Crippen molar-refractivity contribution in [2.24, 2.45) is 17.3 Å². The number of rotatable bonds is 7. The first kappa shape index (κ1) is 27.8. The molecule has 1 aromatic carbocycles. The van der Waals surface area contributed by atoms with Gasteiger partial charge in [-0.05, 0) is 88.4 Å². The molecule has 2 N–H and O–H groups in total. The monoisotopic (exact) mass is 579 g/mol. The molecule has 1 saturated carbocycles. The van der Waals surface area contributed by atoms with Crippen molar-refractivity contribution in [2.45, 2.75) is 64.5 Å². The van der Waals surface area contributed by atoms with Crippen molar-refractivity contribution in [3.8, 4) is 0 Å². The Balaban J connectivity index is 1.17. The molecule has 2 saturated heterocycles. The number of benzene rings is 1. The van der Waals surface area contributed by atoms with Crippen LogP contribution in [-0.2, 0) is 4.79 Å². The average Bonchev–Trinajstić information content (AvgIpc) is 2.88. The highest BCUT2D eigenvalue weighted by Crippen LogP contribution is 2.45. The van der Waals surface area contributed by atoms with Gasteiger partial charge in [-0.15, -0.1) is 0 Å². The van der Waals surface area contributed by atoms with E-state index in [1.54, 1.807) is 12.3 Å². The molecule has 0 bridgehead atoms. The smallest absolute Gasteiger partial charge is 0.309 e. The fraction of sp³-hybridized carbons (Fsp3) is 0.607. The predicted molar refractivity (Wildman–Crippen MR) is 154 cm³/mol. The lowest BCUT2D eigenvalue weighted by Crippen LogP contribution is -2.56. The number of nitrogens with zero attached hydrogens (tertiary/aromatic N) is 4. The number of hydrogen-bond acceptors (Lipinski definition) is 6. The number of piperidine rings is 2. The third-order valence-electron chi connectivity index (χ3n) is 8.90. The van der Waals surface area contributed by atoms with Gasteiger partial charge in [0.05, 0.1) is 17.7 Å². The van der Waals surface area contributed by atoms with Gasteiger partial charge < -0.3 is 20.2 Å². The Bertz CT molecular complexity index is 1170. The van der Waals surface area contributed by atoms with Crippen molar-refractivity contribution in [2.75, 3.05) is 36.4 Å². The van der Waals surface area contributed by atoms with Gasteiger partial charge in [-0.2, -0.15) is 4.98 Å². The molecule has 3 aliphatic rings. The quantitative estimate of drug-likeness (QED) is 0.373. The van der Waals surface area contributed by atoms with Gasteiger partial charge >= 0.3 is 5.97 Å². The molecular weight excluding hydrogens is 545 g/mol. The van der Waals surface area contributed by atoms with Gasteiger partial charge in [-0.1, -0.05) is 40.9 Å². The molecule has 206 valence electrons. The second-order valence-electron chi connectivity index (χ2n) is 11.5. The Morgan fingerprint density at radius 1 is 1.11 bits per heavy atom. The average molecular weight is 581 g/mol. The number of likely N-dealkylation sites (tertiary alicyclic amines) is 1. The van der Waals surface area contributed by atoms with Crippen LogP contribution in [0.15, 0.2) is 24.4 Å². The number of carboxylic acid groups (broad SMARTS) is 1. The van der Waals surface area contributed by atoms with E-state index in [2.05, 4.69) is 20.1 Å². The van der Waals surface area contributed by atoms with Gasteiger partial charge in [0, 0.05) is 35.7 Å². The standard InChI is InChI=1S/C28H36Cl3N5O2/c1-17(22-6-5-20(29)12-23(22)30)33-25-24(31)15-32-27(34-25)35-10-7-18(8-11-35)19-4-3-9-36(16-19)21-13-28(2,14-21)26(37)38/h5-6,12,15,17-19,21H,3-4,7-11,13-14,16H2,1-2H3,(H,37,38)(H,32,33,34). The fourth-order valence-electron chi connectivity index (χ4n) is 6.49. The van der Waals surface area contributed by atoms with Crippen LogP contribution in [0.2, 0.25) is 15.1 Å². The van der Waals surface area contributed by atoms with Crippen LogP contribution in [-0.4, -0.2) is 58.2 Å². The first-order chi connectivity index (χ1) is 18.1. The summed E-state index contributed by atoms with van der Waals surface area (Å²) in [5.41, 5.74) is 0.387. The maximum atomic E-state index is 11.5. The highest BCUT2D eigenvalue weighted by Gasteiger charge is 2.49. The molecule has 38 heavy (non-hydrogen) atoms. The van der Waals surface area contributed by atoms with Crippen molar-refractivity contribution < 1.29 is 9.90 Å². The number of aliphatic carboxylic acids is 1. The number of hydrogen-bond donors (Lipinski definition) is 2. The van der Waals surface area contributed by atoms with Crippen LogP contribution in [0.3, 0.4) is 0 Å². The summed E-state index contributed by atoms with van der Waals surface area (Å²) in [6.07, 6.45) is 7.92. The number of carbonyl (C=O) groups is 1. The maximum Gasteiger partial charge on any atom is 0.309 e. The summed E-state index contributed by atoms with van der Waals surface area (Å²) < 4.78 is 0. The summed E-state index contributed by atoms with van der Waals surface area (Å²) in [4.78, 5) is 25.6. The van der Waals surface area contributed by atoms with Crippen molar-refractivity contribution in [1.82, 2.24) is 14.9 Å². The van der Waals surface area contributed by atoms with Gasteiger partial charge in [0.1, 0.15) is 5.02 Å². The normalized spacial score (nSPS) is 27.6. The molecule has 3 heterocycles. The van der Waals surface area contributed by atoms with Crippen LogP contribution in [0, 0.1) is 17.3 Å². The molecule has 2 atom stereocenters. The van der Waals surface area contributed by atoms with Crippen LogP contribution in [0.1, 0.15) is 64.0 Å². The highest BCUT2D eigenvalue weighted by molar-refractivity contribution is 6.35. The minimum atomic E-state index is -0.652. The van der Waals surface area contributed by atoms with Crippen molar-refractivity contribution in [3.63, 3.8) is 0 Å². The zero-order valence-electron chi connectivity index (χ0n) is 22.0. The minimum Gasteiger partial charge on any atom is -0.481 e. The first-order valence-electron chi connectivity index (χ1n) is 13.6. The molecule has 2 aromatic rings. The van der Waals surface area contributed by atoms with Gasteiger partial charge in [0.2, 0.25) is 5.95 Å². The summed E-state index contributed by atoms with van der Waals surface area (Å²) in [5.74, 6) is 1.99. The van der Waals surface area contributed by atoms with Gasteiger partial charge in [-0.3, -0.25) is 4.79 Å². The number of carboxylic acids is 1. The van der Waals surface area contributed by atoms with E-state index in [-0.39, 0.29) is 6.04 Å². The molecule has 0 radical (unpaired) electrons. The van der Waals surface area contributed by atoms with E-state index >= 15 is 0 Å². The minimum absolute atomic E-state index is 0.107. The van der Waals surface area contributed by atoms with E-state index in [9.17, 15) is 9.90 Å². The van der Waals surface area contributed by atoms with E-state index < -0.39 is 11.4 Å². The van der Waals surface area contributed by atoms with Crippen molar-refractivity contribution in [1.29, 1.82) is 0 Å². The fourth-order valence-corrected chi connectivity index (χ4v) is 7.21. The Morgan fingerprint density at radius 2 is 1.84 bits per heavy atom. The van der Waals surface area contributed by atoms with E-state index in [0.29, 0.717) is 44.7 Å². The molecule has 1 aliphatic carbocycles. The lowest BCUT2D eigenvalue weighted by atomic mass is 9.65. The van der Waals surface area contributed by atoms with Crippen LogP contribution in [0.5, 0.6) is 0 Å². The second-order valence-corrected chi connectivity index (χ2v) is 12.8. The van der Waals surface area contributed by atoms with Crippen LogP contribution < -0.4 is 10.2 Å². The number of anilines is 2. The third-order valence-corrected chi connectivity index (χ3v) is 9.74. The molecule has 7 nitrogen and oxygen atoms in total. The topological polar surface area (TPSA) is 81.6 Å². The van der Waals surface area contributed by atoms with Crippen LogP contribution in [0.25, 0.3) is 0 Å². The summed E-state index contributed by atoms with van der Waals surface area (Å²) in [7, 11) is 0. The lowest BCUT2D eigenvalue weighted by molar-refractivity contribution is -0.158. The molecular formula is C28H36Cl3N5O2. The van der Waals surface area contributed by atoms with Crippen molar-refractivity contribution in [3.05, 3.63) is 45.0 Å². The Morgan fingerprint density at radius 3 is 2.53 bits per heavy atom. The zero-order valence-corrected chi connectivity index (χ0v) is 24.2. The second kappa shape index (κ2) is 11.4. The van der Waals surface area contributed by atoms with E-state index in [4.69, 9.17) is 39.8 Å². The van der Waals surface area contributed by atoms with Gasteiger partial charge in [-0.25, -0.2) is 4.98 Å². The Labute approximate surface area is 239 Å². The Kier molecular flexibility index (Phi) is 8.30. The Hall–Kier alpha value is -1.80. The lowest BCUT2D eigenvalue weighted by Gasteiger charge is -2.51. The van der Waals surface area contributed by atoms with Gasteiger partial charge in [0.15, 0.2) is 5.82 Å². The SMILES string of the molecule is CC(Nc1nc(N2CCC(C3CCCN(C4CC(C)(C(=O)O)C4)C3)CC2)ncc1Cl)c1ccc(Cl)cc1Cl. The summed E-state index contributed by atoms with van der Waals surface area (Å²) in [5, 5.41) is 14.5. The maximum absolute atomic E-state index is 11.5. The van der Waals surface area contributed by atoms with E-state index in [1.165, 1.54) is 12.8 Å². The largest absolute Gasteiger partial charge is 0.481 e. The summed E-state index contributed by atoms with van der Waals surface area (Å²) in [6.45, 7) is 7.93. The van der Waals surface area contributed by atoms with Crippen LogP contribution >= 0.6 is 34.8 Å². The highest BCUT2D eigenvalue weighted by atomic mass is 35.5. The molecule has 0 amide bonds. The van der Waals surface area contributed by atoms with Crippen LogP contribution in [0.4, 0.5) is 11.8 Å². The number of halogens is 3.